The van der Waals surface area contributed by atoms with Crippen molar-refractivity contribution in [1.29, 1.82) is 0 Å². The van der Waals surface area contributed by atoms with Crippen LogP contribution in [0.5, 0.6) is 5.75 Å². The van der Waals surface area contributed by atoms with Gasteiger partial charge in [0.15, 0.2) is 11.6 Å². The summed E-state index contributed by atoms with van der Waals surface area (Å²) in [6, 6.07) is 12.7. The van der Waals surface area contributed by atoms with Crippen LogP contribution >= 0.6 is 11.6 Å². The van der Waals surface area contributed by atoms with Crippen molar-refractivity contribution in [3.05, 3.63) is 64.4 Å². The summed E-state index contributed by atoms with van der Waals surface area (Å²) in [5, 5.41) is 0.293. The quantitative estimate of drug-likeness (QED) is 0.730. The molecule has 20 heavy (non-hydrogen) atoms. The minimum atomic E-state index is -0.436. The number of rotatable bonds is 5. The molecule has 0 spiro atoms. The molecule has 2 rings (SSSR count). The summed E-state index contributed by atoms with van der Waals surface area (Å²) in [4.78, 5) is 0. The molecule has 0 unspecified atom stereocenters. The molecule has 0 aliphatic heterocycles. The van der Waals surface area contributed by atoms with Crippen LogP contribution in [0.4, 0.5) is 4.39 Å². The minimum Gasteiger partial charge on any atom is -0.484 e. The highest BCUT2D eigenvalue weighted by Crippen LogP contribution is 2.28. The van der Waals surface area contributed by atoms with Gasteiger partial charge in [0, 0.05) is 0 Å². The van der Waals surface area contributed by atoms with Gasteiger partial charge in [0.25, 0.3) is 0 Å². The molecule has 0 fully saturated rings. The Morgan fingerprint density at radius 1 is 1.05 bits per heavy atom. The molecule has 0 saturated carbocycles. The van der Waals surface area contributed by atoms with Gasteiger partial charge in [0.2, 0.25) is 0 Å². The normalized spacial score (nSPS) is 10.8. The first-order valence-corrected chi connectivity index (χ1v) is 7.08. The van der Waals surface area contributed by atoms with Crippen molar-refractivity contribution in [2.75, 3.05) is 0 Å². The first kappa shape index (κ1) is 14.9. The Morgan fingerprint density at radius 3 is 2.30 bits per heavy atom. The summed E-state index contributed by atoms with van der Waals surface area (Å²) in [7, 11) is 0. The van der Waals surface area contributed by atoms with Crippen molar-refractivity contribution in [3.8, 4) is 5.75 Å². The largest absolute Gasteiger partial charge is 0.484 e. The Hall–Kier alpha value is -1.54. The maximum atomic E-state index is 13.6. The number of hydrogen-bond acceptors (Lipinski definition) is 1. The SMILES string of the molecule is CC(C)Cc1ccc(COc2c(F)cccc2Cl)cc1. The topological polar surface area (TPSA) is 9.23 Å². The van der Waals surface area contributed by atoms with Crippen LogP contribution in [0, 0.1) is 11.7 Å². The Balaban J connectivity index is 2.00. The molecular weight excluding hydrogens is 275 g/mol. The van der Waals surface area contributed by atoms with Crippen LogP contribution in [0.2, 0.25) is 5.02 Å². The standard InChI is InChI=1S/C17H18ClFO/c1-12(2)10-13-6-8-14(9-7-13)11-20-17-15(18)4-3-5-16(17)19/h3-9,12H,10-11H2,1-2H3. The van der Waals surface area contributed by atoms with E-state index >= 15 is 0 Å². The molecule has 0 aliphatic rings. The second-order valence-corrected chi connectivity index (χ2v) is 5.66. The van der Waals surface area contributed by atoms with Gasteiger partial charge in [-0.05, 0) is 35.6 Å². The molecule has 0 amide bonds. The minimum absolute atomic E-state index is 0.112. The zero-order valence-electron chi connectivity index (χ0n) is 11.7. The van der Waals surface area contributed by atoms with Gasteiger partial charge >= 0.3 is 0 Å². The molecule has 3 heteroatoms. The fraction of sp³-hybridized carbons (Fsp3) is 0.294. The van der Waals surface area contributed by atoms with E-state index in [2.05, 4.69) is 26.0 Å². The molecule has 106 valence electrons. The van der Waals surface area contributed by atoms with E-state index in [-0.39, 0.29) is 5.75 Å². The number of para-hydroxylation sites is 1. The van der Waals surface area contributed by atoms with E-state index in [1.54, 1.807) is 12.1 Å². The Labute approximate surface area is 124 Å². The van der Waals surface area contributed by atoms with Crippen LogP contribution in [-0.2, 0) is 13.0 Å². The van der Waals surface area contributed by atoms with Gasteiger partial charge in [-0.1, -0.05) is 55.8 Å². The maximum absolute atomic E-state index is 13.6. The molecular formula is C17H18ClFO. The van der Waals surface area contributed by atoms with Crippen molar-refractivity contribution in [2.45, 2.75) is 26.9 Å². The van der Waals surface area contributed by atoms with Crippen LogP contribution in [0.25, 0.3) is 0 Å². The van der Waals surface area contributed by atoms with Crippen LogP contribution in [0.15, 0.2) is 42.5 Å². The lowest BCUT2D eigenvalue weighted by atomic mass is 10.0. The van der Waals surface area contributed by atoms with E-state index in [1.807, 2.05) is 12.1 Å². The molecule has 0 radical (unpaired) electrons. The summed E-state index contributed by atoms with van der Waals surface area (Å²) >= 11 is 5.91. The number of benzene rings is 2. The Morgan fingerprint density at radius 2 is 1.70 bits per heavy atom. The van der Waals surface area contributed by atoms with Gasteiger partial charge < -0.3 is 4.74 Å². The van der Waals surface area contributed by atoms with E-state index in [9.17, 15) is 4.39 Å². The summed E-state index contributed by atoms with van der Waals surface area (Å²) < 4.78 is 19.0. The van der Waals surface area contributed by atoms with Crippen LogP contribution in [0.3, 0.4) is 0 Å². The maximum Gasteiger partial charge on any atom is 0.174 e. The summed E-state index contributed by atoms with van der Waals surface area (Å²) in [6.45, 7) is 4.69. The van der Waals surface area contributed by atoms with Gasteiger partial charge in [-0.15, -0.1) is 0 Å². The lowest BCUT2D eigenvalue weighted by Crippen LogP contribution is -1.99. The second kappa shape index (κ2) is 6.76. The molecule has 0 saturated heterocycles. The van der Waals surface area contributed by atoms with Gasteiger partial charge in [-0.25, -0.2) is 4.39 Å². The zero-order valence-corrected chi connectivity index (χ0v) is 12.5. The molecule has 0 heterocycles. The number of hydrogen-bond donors (Lipinski definition) is 0. The lowest BCUT2D eigenvalue weighted by Gasteiger charge is -2.10. The third-order valence-electron chi connectivity index (χ3n) is 2.97. The van der Waals surface area contributed by atoms with Gasteiger partial charge in [-0.2, -0.15) is 0 Å². The smallest absolute Gasteiger partial charge is 0.174 e. The third kappa shape index (κ3) is 3.97. The fourth-order valence-electron chi connectivity index (χ4n) is 2.02. The van der Waals surface area contributed by atoms with Gasteiger partial charge in [0.1, 0.15) is 6.61 Å². The first-order chi connectivity index (χ1) is 9.56. The molecule has 0 aromatic heterocycles. The molecule has 0 atom stereocenters. The van der Waals surface area contributed by atoms with Crippen molar-refractivity contribution >= 4 is 11.6 Å². The highest BCUT2D eigenvalue weighted by Gasteiger charge is 2.08. The molecule has 0 aliphatic carbocycles. The molecule has 0 bridgehead atoms. The van der Waals surface area contributed by atoms with E-state index in [0.717, 1.165) is 12.0 Å². The summed E-state index contributed by atoms with van der Waals surface area (Å²) in [6.07, 6.45) is 1.06. The average Bonchev–Trinajstić information content (AvgIpc) is 2.39. The Kier molecular flexibility index (Phi) is 5.02. The highest BCUT2D eigenvalue weighted by molar-refractivity contribution is 6.32. The van der Waals surface area contributed by atoms with E-state index in [0.29, 0.717) is 17.5 Å². The third-order valence-corrected chi connectivity index (χ3v) is 3.27. The predicted molar refractivity (Wildman–Crippen MR) is 80.7 cm³/mol. The summed E-state index contributed by atoms with van der Waals surface area (Å²) in [5.41, 5.74) is 2.30. The van der Waals surface area contributed by atoms with Gasteiger partial charge in [0.05, 0.1) is 5.02 Å². The monoisotopic (exact) mass is 292 g/mol. The van der Waals surface area contributed by atoms with Crippen LogP contribution < -0.4 is 4.74 Å². The lowest BCUT2D eigenvalue weighted by molar-refractivity contribution is 0.290. The number of ether oxygens (including phenoxy) is 1. The molecule has 0 N–H and O–H groups in total. The van der Waals surface area contributed by atoms with Crippen LogP contribution in [-0.4, -0.2) is 0 Å². The fourth-order valence-corrected chi connectivity index (χ4v) is 2.24. The summed E-state index contributed by atoms with van der Waals surface area (Å²) in [5.74, 6) is 0.309. The van der Waals surface area contributed by atoms with Crippen molar-refractivity contribution in [3.63, 3.8) is 0 Å². The van der Waals surface area contributed by atoms with E-state index in [1.165, 1.54) is 11.6 Å². The zero-order chi connectivity index (χ0) is 14.5. The first-order valence-electron chi connectivity index (χ1n) is 6.71. The Bertz CT molecular complexity index is 543. The van der Waals surface area contributed by atoms with Crippen molar-refractivity contribution in [1.82, 2.24) is 0 Å². The molecule has 1 nitrogen and oxygen atoms in total. The number of halogens is 2. The highest BCUT2D eigenvalue weighted by atomic mass is 35.5. The van der Waals surface area contributed by atoms with Crippen molar-refractivity contribution < 1.29 is 9.13 Å². The molecule has 2 aromatic carbocycles. The predicted octanol–water partition coefficient (Wildman–Crippen LogP) is 5.26. The van der Waals surface area contributed by atoms with Gasteiger partial charge in [-0.3, -0.25) is 0 Å². The van der Waals surface area contributed by atoms with Crippen molar-refractivity contribution in [2.24, 2.45) is 5.92 Å². The average molecular weight is 293 g/mol. The second-order valence-electron chi connectivity index (χ2n) is 5.25. The molecule has 2 aromatic rings. The van der Waals surface area contributed by atoms with Crippen LogP contribution in [0.1, 0.15) is 25.0 Å². The van der Waals surface area contributed by atoms with E-state index < -0.39 is 5.82 Å². The van der Waals surface area contributed by atoms with E-state index in [4.69, 9.17) is 16.3 Å².